The summed E-state index contributed by atoms with van der Waals surface area (Å²) in [6.07, 6.45) is -3.77. The largest absolute Gasteiger partial charge is 0.416 e. The first-order valence-electron chi connectivity index (χ1n) is 9.42. The maximum absolute atomic E-state index is 12.8. The quantitative estimate of drug-likeness (QED) is 0.420. The van der Waals surface area contributed by atoms with Crippen LogP contribution < -0.4 is 11.2 Å². The van der Waals surface area contributed by atoms with Crippen molar-refractivity contribution in [3.05, 3.63) is 64.5 Å². The normalized spacial score (nSPS) is 12.9. The van der Waals surface area contributed by atoms with E-state index in [-0.39, 0.29) is 6.42 Å². The molecule has 1 unspecified atom stereocenters. The molecule has 0 fully saturated rings. The number of hydrogen-bond donors (Lipinski definition) is 3. The summed E-state index contributed by atoms with van der Waals surface area (Å²) in [6.45, 7) is 4.28. The van der Waals surface area contributed by atoms with Gasteiger partial charge in [-0.05, 0) is 61.2 Å². The van der Waals surface area contributed by atoms with Crippen LogP contribution >= 0.6 is 0 Å². The number of fused-ring (bicyclic) bond motifs is 1. The smallest absolute Gasteiger partial charge is 0.323 e. The Labute approximate surface area is 171 Å². The number of hydrogen-bond acceptors (Lipinski definition) is 4. The first-order valence-corrected chi connectivity index (χ1v) is 9.42. The number of alkyl halides is 3. The zero-order valence-electron chi connectivity index (χ0n) is 16.6. The summed E-state index contributed by atoms with van der Waals surface area (Å²) in [5, 5.41) is 8.73. The van der Waals surface area contributed by atoms with Crippen molar-refractivity contribution in [1.29, 1.82) is 0 Å². The van der Waals surface area contributed by atoms with Gasteiger partial charge in [0.2, 0.25) is 0 Å². The minimum absolute atomic E-state index is 0.251. The van der Waals surface area contributed by atoms with Crippen LogP contribution in [0.2, 0.25) is 0 Å². The van der Waals surface area contributed by atoms with E-state index in [0.717, 1.165) is 34.3 Å². The van der Waals surface area contributed by atoms with Crippen LogP contribution in [-0.4, -0.2) is 26.7 Å². The van der Waals surface area contributed by atoms with Gasteiger partial charge in [0.25, 0.3) is 5.91 Å². The standard InChI is InChI=1S/C21H23F3N4O2/c1-12-9-17-18(10-13(12)2)28(19(26-17)8-7-16(25)20(29)27-30)11-14-3-5-15(6-4-14)21(22,23)24/h3-6,9-10,16,30H,7-8,11,25H2,1-2H3,(H,27,29). The summed E-state index contributed by atoms with van der Waals surface area (Å²) in [5.74, 6) is -0.0248. The minimum atomic E-state index is -4.39. The van der Waals surface area contributed by atoms with Gasteiger partial charge in [-0.3, -0.25) is 10.0 Å². The lowest BCUT2D eigenvalue weighted by Gasteiger charge is -2.13. The molecule has 6 nitrogen and oxygen atoms in total. The first-order chi connectivity index (χ1) is 14.1. The maximum atomic E-state index is 12.8. The summed E-state index contributed by atoms with van der Waals surface area (Å²) in [4.78, 5) is 16.1. The molecule has 0 bridgehead atoms. The summed E-state index contributed by atoms with van der Waals surface area (Å²) >= 11 is 0. The van der Waals surface area contributed by atoms with Crippen molar-refractivity contribution in [2.75, 3.05) is 0 Å². The van der Waals surface area contributed by atoms with Crippen molar-refractivity contribution in [1.82, 2.24) is 15.0 Å². The highest BCUT2D eigenvalue weighted by molar-refractivity contribution is 5.80. The van der Waals surface area contributed by atoms with Crippen molar-refractivity contribution < 1.29 is 23.2 Å². The van der Waals surface area contributed by atoms with Crippen LogP contribution in [0.3, 0.4) is 0 Å². The van der Waals surface area contributed by atoms with Crippen LogP contribution in [0.4, 0.5) is 13.2 Å². The maximum Gasteiger partial charge on any atom is 0.416 e. The first kappa shape index (κ1) is 21.8. The zero-order chi connectivity index (χ0) is 22.1. The number of aryl methyl sites for hydroxylation is 3. The Morgan fingerprint density at radius 3 is 2.43 bits per heavy atom. The van der Waals surface area contributed by atoms with Crippen LogP contribution in [0.1, 0.15) is 34.5 Å². The van der Waals surface area contributed by atoms with Crippen molar-refractivity contribution in [3.8, 4) is 0 Å². The number of carbonyl (C=O) groups is 1. The Bertz CT molecular complexity index is 1060. The Morgan fingerprint density at radius 1 is 1.20 bits per heavy atom. The van der Waals surface area contributed by atoms with Crippen molar-refractivity contribution >= 4 is 16.9 Å². The number of nitrogens with zero attached hydrogens (tertiary/aromatic N) is 2. The number of imidazole rings is 1. The van der Waals surface area contributed by atoms with E-state index < -0.39 is 23.7 Å². The Morgan fingerprint density at radius 2 is 1.83 bits per heavy atom. The third-order valence-electron chi connectivity index (χ3n) is 5.19. The number of rotatable bonds is 6. The van der Waals surface area contributed by atoms with Crippen LogP contribution in [-0.2, 0) is 23.9 Å². The highest BCUT2D eigenvalue weighted by Gasteiger charge is 2.30. The predicted molar refractivity (Wildman–Crippen MR) is 106 cm³/mol. The van der Waals surface area contributed by atoms with Gasteiger partial charge in [0, 0.05) is 13.0 Å². The molecule has 0 spiro atoms. The van der Waals surface area contributed by atoms with Gasteiger partial charge in [0.05, 0.1) is 22.6 Å². The third kappa shape index (κ3) is 4.63. The predicted octanol–water partition coefficient (Wildman–Crippen LogP) is 3.49. The van der Waals surface area contributed by atoms with Crippen LogP contribution in [0.25, 0.3) is 11.0 Å². The Hall–Kier alpha value is -2.91. The number of hydroxylamine groups is 1. The van der Waals surface area contributed by atoms with Gasteiger partial charge in [-0.2, -0.15) is 13.2 Å². The van der Waals surface area contributed by atoms with E-state index in [0.29, 0.717) is 24.4 Å². The molecule has 3 rings (SSSR count). The van der Waals surface area contributed by atoms with Gasteiger partial charge in [-0.25, -0.2) is 10.5 Å². The van der Waals surface area contributed by atoms with E-state index in [1.165, 1.54) is 17.6 Å². The number of nitrogens with one attached hydrogen (secondary N) is 1. The van der Waals surface area contributed by atoms with Gasteiger partial charge >= 0.3 is 6.18 Å². The van der Waals surface area contributed by atoms with E-state index in [1.54, 1.807) is 0 Å². The average molecular weight is 420 g/mol. The summed E-state index contributed by atoms with van der Waals surface area (Å²) in [7, 11) is 0. The molecule has 0 saturated carbocycles. The molecule has 0 saturated heterocycles. The van der Waals surface area contributed by atoms with E-state index in [2.05, 4.69) is 4.98 Å². The molecule has 4 N–H and O–H groups in total. The molecule has 1 heterocycles. The number of nitrogens with two attached hydrogens (primary N) is 1. The summed E-state index contributed by atoms with van der Waals surface area (Å²) in [5.41, 5.74) is 11.0. The lowest BCUT2D eigenvalue weighted by Crippen LogP contribution is -2.39. The van der Waals surface area contributed by atoms with E-state index in [4.69, 9.17) is 10.9 Å². The fourth-order valence-electron chi connectivity index (χ4n) is 3.28. The summed E-state index contributed by atoms with van der Waals surface area (Å²) < 4.78 is 40.5. The average Bonchev–Trinajstić information content (AvgIpc) is 3.01. The van der Waals surface area contributed by atoms with Gasteiger partial charge in [0.1, 0.15) is 5.82 Å². The summed E-state index contributed by atoms with van der Waals surface area (Å²) in [6, 6.07) is 8.06. The molecule has 1 aromatic heterocycles. The molecule has 30 heavy (non-hydrogen) atoms. The van der Waals surface area contributed by atoms with Gasteiger partial charge in [-0.15, -0.1) is 0 Å². The van der Waals surface area contributed by atoms with E-state index >= 15 is 0 Å². The highest BCUT2D eigenvalue weighted by atomic mass is 19.4. The highest BCUT2D eigenvalue weighted by Crippen LogP contribution is 2.29. The molecule has 9 heteroatoms. The Balaban J connectivity index is 1.96. The molecule has 1 atom stereocenters. The van der Waals surface area contributed by atoms with Gasteiger partial charge in [-0.1, -0.05) is 12.1 Å². The third-order valence-corrected chi connectivity index (χ3v) is 5.19. The lowest BCUT2D eigenvalue weighted by atomic mass is 10.1. The zero-order valence-corrected chi connectivity index (χ0v) is 16.6. The van der Waals surface area contributed by atoms with E-state index in [9.17, 15) is 18.0 Å². The fourth-order valence-corrected chi connectivity index (χ4v) is 3.28. The van der Waals surface area contributed by atoms with Crippen LogP contribution in [0.5, 0.6) is 0 Å². The van der Waals surface area contributed by atoms with Gasteiger partial charge in [0.15, 0.2) is 0 Å². The molecule has 1 amide bonds. The molecule has 2 aromatic carbocycles. The van der Waals surface area contributed by atoms with Crippen molar-refractivity contribution in [2.24, 2.45) is 5.73 Å². The number of halogens is 3. The second kappa shape index (κ2) is 8.45. The Kier molecular flexibility index (Phi) is 6.14. The van der Waals surface area contributed by atoms with Gasteiger partial charge < -0.3 is 10.3 Å². The molecule has 0 aliphatic carbocycles. The molecule has 0 aliphatic heterocycles. The van der Waals surface area contributed by atoms with Crippen LogP contribution in [0.15, 0.2) is 36.4 Å². The number of carbonyl (C=O) groups excluding carboxylic acids is 1. The second-order valence-electron chi connectivity index (χ2n) is 7.36. The molecular formula is C21H23F3N4O2. The minimum Gasteiger partial charge on any atom is -0.323 e. The van der Waals surface area contributed by atoms with Crippen molar-refractivity contribution in [3.63, 3.8) is 0 Å². The van der Waals surface area contributed by atoms with Crippen molar-refractivity contribution in [2.45, 2.75) is 45.5 Å². The van der Waals surface area contributed by atoms with Crippen LogP contribution in [0, 0.1) is 13.8 Å². The number of aromatic nitrogens is 2. The molecule has 160 valence electrons. The second-order valence-corrected chi connectivity index (χ2v) is 7.36. The lowest BCUT2D eigenvalue weighted by molar-refractivity contribution is -0.137. The SMILES string of the molecule is Cc1cc2nc(CCC(N)C(=O)NO)n(Cc3ccc(C(F)(F)F)cc3)c2cc1C. The topological polar surface area (TPSA) is 93.2 Å². The molecular weight excluding hydrogens is 397 g/mol. The fraction of sp³-hybridized carbons (Fsp3) is 0.333. The molecule has 3 aromatic rings. The number of benzene rings is 2. The molecule has 0 radical (unpaired) electrons. The van der Waals surface area contributed by atoms with E-state index in [1.807, 2.05) is 30.5 Å². The monoisotopic (exact) mass is 420 g/mol. The molecule has 0 aliphatic rings. The number of amides is 1.